The number of hydrogen-bond donors (Lipinski definition) is 1. The third kappa shape index (κ3) is 3.30. The molecule has 0 spiro atoms. The highest BCUT2D eigenvalue weighted by Gasteiger charge is 2.22. The van der Waals surface area contributed by atoms with Gasteiger partial charge in [-0.25, -0.2) is 0 Å². The van der Waals surface area contributed by atoms with Crippen molar-refractivity contribution in [2.24, 2.45) is 0 Å². The molecule has 0 bridgehead atoms. The molecule has 1 aliphatic rings. The molecule has 92 valence electrons. The second-order valence-corrected chi connectivity index (χ2v) is 5.71. The number of carbonyl (C=O) groups is 1. The summed E-state index contributed by atoms with van der Waals surface area (Å²) < 4.78 is 0. The summed E-state index contributed by atoms with van der Waals surface area (Å²) in [7, 11) is 0. The van der Waals surface area contributed by atoms with Crippen LogP contribution in [-0.2, 0) is 17.9 Å². The lowest BCUT2D eigenvalue weighted by Crippen LogP contribution is -2.45. The molecule has 0 saturated heterocycles. The minimum Gasteiger partial charge on any atom is -0.350 e. The van der Waals surface area contributed by atoms with E-state index in [2.05, 4.69) is 34.5 Å². The van der Waals surface area contributed by atoms with E-state index in [4.69, 9.17) is 0 Å². The van der Waals surface area contributed by atoms with Crippen molar-refractivity contribution < 1.29 is 4.79 Å². The maximum atomic E-state index is 11.8. The van der Waals surface area contributed by atoms with Crippen molar-refractivity contribution in [1.29, 1.82) is 0 Å². The van der Waals surface area contributed by atoms with Crippen molar-refractivity contribution in [3.63, 3.8) is 0 Å². The number of rotatable bonds is 2. The highest BCUT2D eigenvalue weighted by atomic mass is 16.2. The Morgan fingerprint density at radius 2 is 1.76 bits per heavy atom. The maximum absolute atomic E-state index is 11.8. The standard InChI is InChI=1S/C14H20N2O/c1-14(2,3)15-13(17)10-16-8-11-6-4-5-7-12(11)9-16/h4-7H,8-10H2,1-3H3,(H,15,17). The van der Waals surface area contributed by atoms with Crippen LogP contribution < -0.4 is 5.32 Å². The highest BCUT2D eigenvalue weighted by Crippen LogP contribution is 2.21. The van der Waals surface area contributed by atoms with Crippen LogP contribution >= 0.6 is 0 Å². The summed E-state index contributed by atoms with van der Waals surface area (Å²) in [6.07, 6.45) is 0. The molecule has 1 aliphatic heterocycles. The fourth-order valence-electron chi connectivity index (χ4n) is 2.18. The van der Waals surface area contributed by atoms with E-state index in [1.165, 1.54) is 11.1 Å². The molecular weight excluding hydrogens is 212 g/mol. The van der Waals surface area contributed by atoms with Crippen LogP contribution in [0.2, 0.25) is 0 Å². The number of nitrogens with zero attached hydrogens (tertiary/aromatic N) is 1. The molecule has 0 atom stereocenters. The quantitative estimate of drug-likeness (QED) is 0.845. The van der Waals surface area contributed by atoms with Gasteiger partial charge in [0, 0.05) is 18.6 Å². The van der Waals surface area contributed by atoms with Gasteiger partial charge in [-0.1, -0.05) is 24.3 Å². The van der Waals surface area contributed by atoms with Gasteiger partial charge in [-0.15, -0.1) is 0 Å². The first-order chi connectivity index (χ1) is 7.94. The summed E-state index contributed by atoms with van der Waals surface area (Å²) in [6, 6.07) is 8.38. The van der Waals surface area contributed by atoms with Gasteiger partial charge < -0.3 is 5.32 Å². The minimum atomic E-state index is -0.149. The number of nitrogens with one attached hydrogen (secondary N) is 1. The molecule has 0 aromatic heterocycles. The Kier molecular flexibility index (Phi) is 3.20. The summed E-state index contributed by atoms with van der Waals surface area (Å²) in [5, 5.41) is 2.99. The smallest absolute Gasteiger partial charge is 0.234 e. The van der Waals surface area contributed by atoms with Crippen LogP contribution in [0.25, 0.3) is 0 Å². The van der Waals surface area contributed by atoms with E-state index >= 15 is 0 Å². The van der Waals surface area contributed by atoms with E-state index < -0.39 is 0 Å². The summed E-state index contributed by atoms with van der Waals surface area (Å²) in [4.78, 5) is 14.0. The molecule has 3 heteroatoms. The third-order valence-corrected chi connectivity index (χ3v) is 2.79. The Labute approximate surface area is 103 Å². The van der Waals surface area contributed by atoms with Gasteiger partial charge in [-0.2, -0.15) is 0 Å². The molecule has 1 aromatic carbocycles. The number of fused-ring (bicyclic) bond motifs is 1. The monoisotopic (exact) mass is 232 g/mol. The molecule has 1 heterocycles. The van der Waals surface area contributed by atoms with Crippen LogP contribution in [-0.4, -0.2) is 22.9 Å². The van der Waals surface area contributed by atoms with Crippen LogP contribution in [0.1, 0.15) is 31.9 Å². The van der Waals surface area contributed by atoms with Gasteiger partial charge in [0.15, 0.2) is 0 Å². The van der Waals surface area contributed by atoms with Crippen molar-refractivity contribution in [3.05, 3.63) is 35.4 Å². The summed E-state index contributed by atoms with van der Waals surface area (Å²) in [5.41, 5.74) is 2.54. The summed E-state index contributed by atoms with van der Waals surface area (Å²) >= 11 is 0. The van der Waals surface area contributed by atoms with Gasteiger partial charge in [-0.05, 0) is 31.9 Å². The van der Waals surface area contributed by atoms with E-state index in [-0.39, 0.29) is 11.4 Å². The lowest BCUT2D eigenvalue weighted by atomic mass is 10.1. The van der Waals surface area contributed by atoms with Crippen molar-refractivity contribution in [3.8, 4) is 0 Å². The van der Waals surface area contributed by atoms with Gasteiger partial charge in [0.2, 0.25) is 5.91 Å². The minimum absolute atomic E-state index is 0.102. The average molecular weight is 232 g/mol. The van der Waals surface area contributed by atoms with Crippen LogP contribution in [0.4, 0.5) is 0 Å². The Balaban J connectivity index is 1.90. The largest absolute Gasteiger partial charge is 0.350 e. The molecule has 1 aromatic rings. The summed E-state index contributed by atoms with van der Waals surface area (Å²) in [5.74, 6) is 0.102. The normalized spacial score (nSPS) is 15.7. The fourth-order valence-corrected chi connectivity index (χ4v) is 2.18. The van der Waals surface area contributed by atoms with Gasteiger partial charge in [-0.3, -0.25) is 9.69 Å². The van der Waals surface area contributed by atoms with Crippen LogP contribution in [0.5, 0.6) is 0 Å². The average Bonchev–Trinajstić information content (AvgIpc) is 2.55. The molecule has 1 N–H and O–H groups in total. The van der Waals surface area contributed by atoms with Gasteiger partial charge in [0.05, 0.1) is 6.54 Å². The lowest BCUT2D eigenvalue weighted by molar-refractivity contribution is -0.123. The molecule has 0 fully saturated rings. The van der Waals surface area contributed by atoms with Crippen molar-refractivity contribution in [2.75, 3.05) is 6.54 Å². The van der Waals surface area contributed by atoms with E-state index in [0.717, 1.165) is 13.1 Å². The zero-order valence-electron chi connectivity index (χ0n) is 10.8. The first kappa shape index (κ1) is 12.1. The Bertz CT molecular complexity index is 395. The second-order valence-electron chi connectivity index (χ2n) is 5.71. The predicted molar refractivity (Wildman–Crippen MR) is 68.5 cm³/mol. The second kappa shape index (κ2) is 4.49. The van der Waals surface area contributed by atoms with Gasteiger partial charge >= 0.3 is 0 Å². The molecule has 2 rings (SSSR count). The summed E-state index contributed by atoms with van der Waals surface area (Å²) in [6.45, 7) is 8.25. The number of benzene rings is 1. The topological polar surface area (TPSA) is 32.3 Å². The van der Waals surface area contributed by atoms with Crippen molar-refractivity contribution in [1.82, 2.24) is 10.2 Å². The molecular formula is C14H20N2O. The molecule has 0 unspecified atom stereocenters. The SMILES string of the molecule is CC(C)(C)NC(=O)CN1Cc2ccccc2C1. The Morgan fingerprint density at radius 3 is 2.24 bits per heavy atom. The molecule has 0 saturated carbocycles. The molecule has 3 nitrogen and oxygen atoms in total. The first-order valence-electron chi connectivity index (χ1n) is 6.04. The van der Waals surface area contributed by atoms with Crippen LogP contribution in [0.15, 0.2) is 24.3 Å². The molecule has 1 amide bonds. The molecule has 0 radical (unpaired) electrons. The van der Waals surface area contributed by atoms with Crippen LogP contribution in [0, 0.1) is 0 Å². The maximum Gasteiger partial charge on any atom is 0.234 e. The van der Waals surface area contributed by atoms with E-state index in [9.17, 15) is 4.79 Å². The molecule has 17 heavy (non-hydrogen) atoms. The van der Waals surface area contributed by atoms with Crippen molar-refractivity contribution in [2.45, 2.75) is 39.4 Å². The fraction of sp³-hybridized carbons (Fsp3) is 0.500. The van der Waals surface area contributed by atoms with E-state index in [0.29, 0.717) is 6.54 Å². The number of hydrogen-bond acceptors (Lipinski definition) is 2. The van der Waals surface area contributed by atoms with Crippen molar-refractivity contribution >= 4 is 5.91 Å². The van der Waals surface area contributed by atoms with Gasteiger partial charge in [0.1, 0.15) is 0 Å². The Hall–Kier alpha value is -1.35. The lowest BCUT2D eigenvalue weighted by Gasteiger charge is -2.22. The zero-order valence-corrected chi connectivity index (χ0v) is 10.8. The Morgan fingerprint density at radius 1 is 1.24 bits per heavy atom. The van der Waals surface area contributed by atoms with E-state index in [1.54, 1.807) is 0 Å². The zero-order chi connectivity index (χ0) is 12.5. The number of amides is 1. The molecule has 0 aliphatic carbocycles. The third-order valence-electron chi connectivity index (χ3n) is 2.79. The predicted octanol–water partition coefficient (Wildman–Crippen LogP) is 1.92. The van der Waals surface area contributed by atoms with E-state index in [1.807, 2.05) is 20.8 Å². The first-order valence-corrected chi connectivity index (χ1v) is 6.04. The van der Waals surface area contributed by atoms with Gasteiger partial charge in [0.25, 0.3) is 0 Å². The number of carbonyl (C=O) groups excluding carboxylic acids is 1. The highest BCUT2D eigenvalue weighted by molar-refractivity contribution is 5.78. The van der Waals surface area contributed by atoms with Crippen LogP contribution in [0.3, 0.4) is 0 Å².